The zero-order chi connectivity index (χ0) is 23.9. The highest BCUT2D eigenvalue weighted by atomic mass is 15.2. The lowest BCUT2D eigenvalue weighted by Gasteiger charge is -2.14. The van der Waals surface area contributed by atoms with E-state index in [9.17, 15) is 0 Å². The molecular formula is C27H23N9. The molecule has 0 saturated carbocycles. The number of aromatic amines is 2. The van der Waals surface area contributed by atoms with Crippen molar-refractivity contribution < 1.29 is 0 Å². The maximum absolute atomic E-state index is 4.88. The molecule has 1 saturated heterocycles. The van der Waals surface area contributed by atoms with Crippen molar-refractivity contribution in [2.24, 2.45) is 0 Å². The van der Waals surface area contributed by atoms with Crippen LogP contribution in [0.3, 0.4) is 0 Å². The molecule has 0 spiro atoms. The standard InChI is InChI=1S/C27H23N9/c1-2-9-36(8-1)16-17-10-19(14-29-12-17)20-11-22-24(34-35-25(22)31-15-20)27-32-23-21(5-7-30-26(23)33-27)18-4-3-6-28-13-18/h3-7,10-15H,1-2,8-9,16H2,(H,30,32,33)(H,31,34,35). The molecule has 6 aromatic heterocycles. The first-order valence-corrected chi connectivity index (χ1v) is 12.1. The van der Waals surface area contributed by atoms with Crippen LogP contribution in [-0.2, 0) is 6.54 Å². The van der Waals surface area contributed by atoms with Crippen LogP contribution in [0.1, 0.15) is 18.4 Å². The number of rotatable bonds is 5. The highest BCUT2D eigenvalue weighted by Gasteiger charge is 2.17. The number of hydrogen-bond donors (Lipinski definition) is 2. The van der Waals surface area contributed by atoms with Gasteiger partial charge in [-0.15, -0.1) is 0 Å². The fourth-order valence-corrected chi connectivity index (χ4v) is 4.95. The zero-order valence-corrected chi connectivity index (χ0v) is 19.5. The summed E-state index contributed by atoms with van der Waals surface area (Å²) < 4.78 is 0. The second kappa shape index (κ2) is 8.62. The van der Waals surface area contributed by atoms with Crippen molar-refractivity contribution in [1.29, 1.82) is 0 Å². The fourth-order valence-electron chi connectivity index (χ4n) is 4.95. The number of H-pyrrole nitrogens is 2. The van der Waals surface area contributed by atoms with Crippen molar-refractivity contribution in [3.05, 3.63) is 73.1 Å². The highest BCUT2D eigenvalue weighted by molar-refractivity contribution is 5.95. The molecule has 36 heavy (non-hydrogen) atoms. The maximum Gasteiger partial charge on any atom is 0.161 e. The van der Waals surface area contributed by atoms with E-state index >= 15 is 0 Å². The summed E-state index contributed by atoms with van der Waals surface area (Å²) in [6, 6.07) is 10.2. The van der Waals surface area contributed by atoms with Gasteiger partial charge in [0.25, 0.3) is 0 Å². The van der Waals surface area contributed by atoms with Crippen LogP contribution in [-0.4, -0.2) is 58.1 Å². The molecule has 0 bridgehead atoms. The Morgan fingerprint density at radius 3 is 2.61 bits per heavy atom. The smallest absolute Gasteiger partial charge is 0.161 e. The normalized spacial score (nSPS) is 14.2. The van der Waals surface area contributed by atoms with Crippen molar-refractivity contribution in [3.8, 4) is 33.8 Å². The zero-order valence-electron chi connectivity index (χ0n) is 19.5. The molecule has 1 aliphatic rings. The van der Waals surface area contributed by atoms with Gasteiger partial charge in [-0.2, -0.15) is 5.10 Å². The summed E-state index contributed by atoms with van der Waals surface area (Å²) in [5.74, 6) is 0.639. The molecular weight excluding hydrogens is 450 g/mol. The van der Waals surface area contributed by atoms with Crippen LogP contribution in [0.2, 0.25) is 0 Å². The van der Waals surface area contributed by atoms with Crippen LogP contribution in [0.5, 0.6) is 0 Å². The molecule has 0 amide bonds. The van der Waals surface area contributed by atoms with Gasteiger partial charge in [0.1, 0.15) is 11.2 Å². The minimum atomic E-state index is 0.639. The number of nitrogens with one attached hydrogen (secondary N) is 2. The molecule has 1 fully saturated rings. The summed E-state index contributed by atoms with van der Waals surface area (Å²) in [4.78, 5) is 28.6. The first-order valence-electron chi connectivity index (χ1n) is 12.1. The molecule has 0 aliphatic carbocycles. The quantitative estimate of drug-likeness (QED) is 0.376. The average molecular weight is 474 g/mol. The Kier molecular flexibility index (Phi) is 4.99. The number of pyridine rings is 4. The molecule has 9 nitrogen and oxygen atoms in total. The lowest BCUT2D eigenvalue weighted by Crippen LogP contribution is -2.18. The second-order valence-corrected chi connectivity index (χ2v) is 9.14. The molecule has 2 N–H and O–H groups in total. The van der Waals surface area contributed by atoms with E-state index in [0.717, 1.165) is 52.8 Å². The Labute approximate surface area is 206 Å². The summed E-state index contributed by atoms with van der Waals surface area (Å²) in [5.41, 5.74) is 8.09. The van der Waals surface area contributed by atoms with Crippen molar-refractivity contribution >= 4 is 22.2 Å². The summed E-state index contributed by atoms with van der Waals surface area (Å²) >= 11 is 0. The van der Waals surface area contributed by atoms with Gasteiger partial charge in [0.15, 0.2) is 17.1 Å². The molecule has 9 heteroatoms. The fraction of sp³-hybridized carbons (Fsp3) is 0.185. The largest absolute Gasteiger partial charge is 0.321 e. The Morgan fingerprint density at radius 2 is 1.72 bits per heavy atom. The van der Waals surface area contributed by atoms with E-state index < -0.39 is 0 Å². The maximum atomic E-state index is 4.88. The van der Waals surface area contributed by atoms with Crippen LogP contribution >= 0.6 is 0 Å². The Bertz CT molecular complexity index is 1680. The Morgan fingerprint density at radius 1 is 0.833 bits per heavy atom. The van der Waals surface area contributed by atoms with Crippen LogP contribution in [0.25, 0.3) is 56.0 Å². The highest BCUT2D eigenvalue weighted by Crippen LogP contribution is 2.31. The molecule has 6 aromatic rings. The van der Waals surface area contributed by atoms with Crippen molar-refractivity contribution in [2.75, 3.05) is 13.1 Å². The van der Waals surface area contributed by atoms with Gasteiger partial charge < -0.3 is 4.98 Å². The lowest BCUT2D eigenvalue weighted by molar-refractivity contribution is 0.331. The van der Waals surface area contributed by atoms with Gasteiger partial charge in [-0.3, -0.25) is 20.0 Å². The molecule has 7 rings (SSSR count). The van der Waals surface area contributed by atoms with E-state index in [-0.39, 0.29) is 0 Å². The van der Waals surface area contributed by atoms with Gasteiger partial charge in [-0.1, -0.05) is 6.07 Å². The molecule has 0 unspecified atom stereocenters. The van der Waals surface area contributed by atoms with Gasteiger partial charge in [0.05, 0.1) is 5.39 Å². The van der Waals surface area contributed by atoms with Crippen molar-refractivity contribution in [3.63, 3.8) is 0 Å². The van der Waals surface area contributed by atoms with Crippen LogP contribution < -0.4 is 0 Å². The molecule has 1 aliphatic heterocycles. The van der Waals surface area contributed by atoms with Crippen molar-refractivity contribution in [1.82, 2.24) is 45.0 Å². The van der Waals surface area contributed by atoms with E-state index in [1.165, 1.54) is 18.4 Å². The van der Waals surface area contributed by atoms with Gasteiger partial charge in [0.2, 0.25) is 0 Å². The summed E-state index contributed by atoms with van der Waals surface area (Å²) in [7, 11) is 0. The third-order valence-corrected chi connectivity index (χ3v) is 6.73. The topological polar surface area (TPSA) is 112 Å². The number of likely N-dealkylation sites (tertiary alicyclic amines) is 1. The van der Waals surface area contributed by atoms with Crippen LogP contribution in [0.4, 0.5) is 0 Å². The van der Waals surface area contributed by atoms with Gasteiger partial charge >= 0.3 is 0 Å². The lowest BCUT2D eigenvalue weighted by atomic mass is 10.1. The van der Waals surface area contributed by atoms with Gasteiger partial charge in [-0.25, -0.2) is 15.0 Å². The third kappa shape index (κ3) is 3.70. The molecule has 0 radical (unpaired) electrons. The van der Waals surface area contributed by atoms with Crippen LogP contribution in [0.15, 0.2) is 67.5 Å². The molecule has 0 aromatic carbocycles. The number of aromatic nitrogens is 8. The predicted molar refractivity (Wildman–Crippen MR) is 138 cm³/mol. The minimum Gasteiger partial charge on any atom is -0.321 e. The van der Waals surface area contributed by atoms with Gasteiger partial charge in [0, 0.05) is 66.0 Å². The average Bonchev–Trinajstić information content (AvgIpc) is 3.68. The number of imidazole rings is 1. The van der Waals surface area contributed by atoms with Crippen molar-refractivity contribution in [2.45, 2.75) is 19.4 Å². The molecule has 176 valence electrons. The van der Waals surface area contributed by atoms with E-state index in [2.05, 4.69) is 52.1 Å². The van der Waals surface area contributed by atoms with E-state index in [0.29, 0.717) is 22.8 Å². The second-order valence-electron chi connectivity index (χ2n) is 9.14. The van der Waals surface area contributed by atoms with E-state index in [1.807, 2.05) is 43.0 Å². The summed E-state index contributed by atoms with van der Waals surface area (Å²) in [6.07, 6.45) is 13.6. The Balaban J connectivity index is 1.28. The minimum absolute atomic E-state index is 0.639. The first kappa shape index (κ1) is 20.8. The molecule has 7 heterocycles. The van der Waals surface area contributed by atoms with Gasteiger partial charge in [-0.05, 0) is 55.8 Å². The van der Waals surface area contributed by atoms with E-state index in [1.54, 1.807) is 12.4 Å². The third-order valence-electron chi connectivity index (χ3n) is 6.73. The SMILES string of the molecule is c1cncc(-c2ccnc3[nH]c(-c4n[nH]c5ncc(-c6cncc(CN7CCCC7)c6)cc45)nc23)c1. The summed E-state index contributed by atoms with van der Waals surface area (Å²) in [6.45, 7) is 3.24. The first-order chi connectivity index (χ1) is 17.8. The number of nitrogens with zero attached hydrogens (tertiary/aromatic N) is 7. The summed E-state index contributed by atoms with van der Waals surface area (Å²) in [5, 5.41) is 8.47. The number of fused-ring (bicyclic) bond motifs is 2. The Hall–Kier alpha value is -4.50. The predicted octanol–water partition coefficient (Wildman–Crippen LogP) is 4.62. The van der Waals surface area contributed by atoms with Crippen LogP contribution in [0, 0.1) is 0 Å². The van der Waals surface area contributed by atoms with E-state index in [4.69, 9.17) is 4.98 Å². The molecule has 0 atom stereocenters. The number of hydrogen-bond acceptors (Lipinski definition) is 7. The monoisotopic (exact) mass is 473 g/mol.